The number of aryl methyl sites for hydroxylation is 1. The van der Waals surface area contributed by atoms with Gasteiger partial charge in [-0.1, -0.05) is 29.8 Å². The molecule has 0 unspecified atom stereocenters. The fraction of sp³-hybridized carbons (Fsp3) is 0.188. The summed E-state index contributed by atoms with van der Waals surface area (Å²) in [7, 11) is 3.58. The molecule has 3 heteroatoms. The van der Waals surface area contributed by atoms with E-state index in [1.807, 2.05) is 42.5 Å². The van der Waals surface area contributed by atoms with Crippen molar-refractivity contribution < 1.29 is 4.74 Å². The van der Waals surface area contributed by atoms with E-state index in [4.69, 9.17) is 4.74 Å². The Bertz CT molecular complexity index is 544. The fourth-order valence-electron chi connectivity index (χ4n) is 1.67. The molecule has 3 nitrogen and oxygen atoms in total. The summed E-state index contributed by atoms with van der Waals surface area (Å²) in [6.07, 6.45) is 1.85. The van der Waals surface area contributed by atoms with E-state index < -0.39 is 0 Å². The van der Waals surface area contributed by atoms with Crippen LogP contribution in [0, 0.1) is 6.92 Å². The smallest absolute Gasteiger partial charge is 0.119 e. The molecule has 0 atom stereocenters. The summed E-state index contributed by atoms with van der Waals surface area (Å²) in [6.45, 7) is 2.07. The molecule has 0 aliphatic heterocycles. The monoisotopic (exact) mass is 254 g/mol. The van der Waals surface area contributed by atoms with Crippen molar-refractivity contribution in [3.05, 3.63) is 59.7 Å². The predicted octanol–water partition coefficient (Wildman–Crippen LogP) is 3.47. The number of nitrogens with zero attached hydrogens (tertiary/aromatic N) is 2. The van der Waals surface area contributed by atoms with Crippen LogP contribution in [-0.4, -0.2) is 20.4 Å². The summed E-state index contributed by atoms with van der Waals surface area (Å²) < 4.78 is 5.13. The second kappa shape index (κ2) is 6.05. The van der Waals surface area contributed by atoms with Crippen LogP contribution in [0.25, 0.3) is 0 Å². The van der Waals surface area contributed by atoms with Crippen LogP contribution in [0.2, 0.25) is 0 Å². The number of ether oxygens (including phenoxy) is 1. The third-order valence-corrected chi connectivity index (χ3v) is 2.90. The molecule has 0 heterocycles. The van der Waals surface area contributed by atoms with Crippen molar-refractivity contribution in [3.63, 3.8) is 0 Å². The molecule has 0 radical (unpaired) electrons. The molecule has 19 heavy (non-hydrogen) atoms. The Kier molecular flexibility index (Phi) is 4.18. The Morgan fingerprint density at radius 2 is 1.63 bits per heavy atom. The maximum Gasteiger partial charge on any atom is 0.119 e. The first-order valence-corrected chi connectivity index (χ1v) is 6.17. The van der Waals surface area contributed by atoms with Gasteiger partial charge in [0.25, 0.3) is 0 Å². The van der Waals surface area contributed by atoms with Crippen LogP contribution >= 0.6 is 0 Å². The first-order valence-electron chi connectivity index (χ1n) is 6.17. The predicted molar refractivity (Wildman–Crippen MR) is 80.2 cm³/mol. The third kappa shape index (κ3) is 3.58. The van der Waals surface area contributed by atoms with Crippen molar-refractivity contribution in [2.24, 2.45) is 5.10 Å². The van der Waals surface area contributed by atoms with Crippen molar-refractivity contribution in [3.8, 4) is 5.75 Å². The fourth-order valence-corrected chi connectivity index (χ4v) is 1.67. The molecule has 0 N–H and O–H groups in total. The number of hydrogen-bond acceptors (Lipinski definition) is 3. The summed E-state index contributed by atoms with van der Waals surface area (Å²) in [5.74, 6) is 0.847. The molecule has 0 bridgehead atoms. The summed E-state index contributed by atoms with van der Waals surface area (Å²) in [5, 5.41) is 6.25. The standard InChI is InChI=1S/C16H18N2O/c1-13-4-6-14(7-5-13)12-17-18(2)15-8-10-16(19-3)11-9-15/h4-12H,1-3H3. The zero-order valence-corrected chi connectivity index (χ0v) is 11.5. The minimum atomic E-state index is 0.847. The van der Waals surface area contributed by atoms with Gasteiger partial charge in [0.1, 0.15) is 5.75 Å². The van der Waals surface area contributed by atoms with E-state index in [1.54, 1.807) is 7.11 Å². The molecular formula is C16H18N2O. The highest BCUT2D eigenvalue weighted by Gasteiger charge is 1.98. The highest BCUT2D eigenvalue weighted by atomic mass is 16.5. The number of methoxy groups -OCH3 is 1. The van der Waals surface area contributed by atoms with Crippen molar-refractivity contribution in [2.75, 3.05) is 19.2 Å². The van der Waals surface area contributed by atoms with Crippen LogP contribution < -0.4 is 9.75 Å². The lowest BCUT2D eigenvalue weighted by molar-refractivity contribution is 0.415. The molecule has 2 aromatic carbocycles. The Balaban J connectivity index is 2.07. The lowest BCUT2D eigenvalue weighted by Crippen LogP contribution is -2.08. The maximum absolute atomic E-state index is 5.13. The van der Waals surface area contributed by atoms with Gasteiger partial charge >= 0.3 is 0 Å². The van der Waals surface area contributed by atoms with Gasteiger partial charge in [-0.25, -0.2) is 0 Å². The van der Waals surface area contributed by atoms with Crippen LogP contribution in [0.5, 0.6) is 5.75 Å². The van der Waals surface area contributed by atoms with Crippen LogP contribution in [0.1, 0.15) is 11.1 Å². The summed E-state index contributed by atoms with van der Waals surface area (Å²) >= 11 is 0. The average Bonchev–Trinajstić information content (AvgIpc) is 2.46. The minimum Gasteiger partial charge on any atom is -0.497 e. The van der Waals surface area contributed by atoms with E-state index in [1.165, 1.54) is 5.56 Å². The van der Waals surface area contributed by atoms with Crippen LogP contribution in [0.15, 0.2) is 53.6 Å². The topological polar surface area (TPSA) is 24.8 Å². The van der Waals surface area contributed by atoms with Crippen molar-refractivity contribution in [1.29, 1.82) is 0 Å². The maximum atomic E-state index is 5.13. The van der Waals surface area contributed by atoms with E-state index in [9.17, 15) is 0 Å². The largest absolute Gasteiger partial charge is 0.497 e. The highest BCUT2D eigenvalue weighted by Crippen LogP contribution is 2.18. The summed E-state index contributed by atoms with van der Waals surface area (Å²) in [6, 6.07) is 16.1. The first kappa shape index (κ1) is 13.1. The van der Waals surface area contributed by atoms with E-state index in [-0.39, 0.29) is 0 Å². The molecule has 0 saturated heterocycles. The zero-order valence-electron chi connectivity index (χ0n) is 11.5. The van der Waals surface area contributed by atoms with Gasteiger partial charge in [-0.15, -0.1) is 0 Å². The molecule has 0 fully saturated rings. The van der Waals surface area contributed by atoms with Gasteiger partial charge in [-0.3, -0.25) is 5.01 Å². The summed E-state index contributed by atoms with van der Waals surface area (Å²) in [5.41, 5.74) is 3.36. The van der Waals surface area contributed by atoms with Crippen LogP contribution in [0.4, 0.5) is 5.69 Å². The molecule has 2 aromatic rings. The van der Waals surface area contributed by atoms with Gasteiger partial charge in [-0.2, -0.15) is 5.10 Å². The normalized spacial score (nSPS) is 10.7. The molecule has 2 rings (SSSR count). The molecule has 0 amide bonds. The van der Waals surface area contributed by atoms with Crippen LogP contribution in [0.3, 0.4) is 0 Å². The number of rotatable bonds is 4. The van der Waals surface area contributed by atoms with Gasteiger partial charge in [0.15, 0.2) is 0 Å². The second-order valence-corrected chi connectivity index (χ2v) is 4.38. The molecule has 0 saturated carbocycles. The Labute approximate surface area is 114 Å². The molecule has 0 spiro atoms. The number of hydrogen-bond donors (Lipinski definition) is 0. The Morgan fingerprint density at radius 1 is 1.00 bits per heavy atom. The van der Waals surface area contributed by atoms with Crippen molar-refractivity contribution in [2.45, 2.75) is 6.92 Å². The minimum absolute atomic E-state index is 0.847. The average molecular weight is 254 g/mol. The Morgan fingerprint density at radius 3 is 2.21 bits per heavy atom. The SMILES string of the molecule is COc1ccc(N(C)N=Cc2ccc(C)cc2)cc1. The number of hydrazone groups is 1. The van der Waals surface area contributed by atoms with Crippen LogP contribution in [-0.2, 0) is 0 Å². The molecule has 0 aliphatic carbocycles. The highest BCUT2D eigenvalue weighted by molar-refractivity contribution is 5.80. The van der Waals surface area contributed by atoms with Gasteiger partial charge in [0, 0.05) is 7.05 Å². The molecule has 0 aliphatic rings. The first-order chi connectivity index (χ1) is 9.19. The van der Waals surface area contributed by atoms with Gasteiger partial charge in [0.05, 0.1) is 19.0 Å². The number of benzene rings is 2. The number of anilines is 1. The second-order valence-electron chi connectivity index (χ2n) is 4.38. The zero-order chi connectivity index (χ0) is 13.7. The van der Waals surface area contributed by atoms with Gasteiger partial charge in [0.2, 0.25) is 0 Å². The summed E-state index contributed by atoms with van der Waals surface area (Å²) in [4.78, 5) is 0. The lowest BCUT2D eigenvalue weighted by Gasteiger charge is -2.13. The van der Waals surface area contributed by atoms with E-state index >= 15 is 0 Å². The Hall–Kier alpha value is -2.29. The van der Waals surface area contributed by atoms with Crippen molar-refractivity contribution >= 4 is 11.9 Å². The van der Waals surface area contributed by atoms with E-state index in [0.29, 0.717) is 0 Å². The molecule has 0 aromatic heterocycles. The third-order valence-electron chi connectivity index (χ3n) is 2.90. The van der Waals surface area contributed by atoms with E-state index in [2.05, 4.69) is 36.3 Å². The molecular weight excluding hydrogens is 236 g/mol. The lowest BCUT2D eigenvalue weighted by atomic mass is 10.2. The van der Waals surface area contributed by atoms with Gasteiger partial charge < -0.3 is 4.74 Å². The van der Waals surface area contributed by atoms with E-state index in [0.717, 1.165) is 17.0 Å². The molecule has 98 valence electrons. The van der Waals surface area contributed by atoms with Gasteiger partial charge in [-0.05, 0) is 36.8 Å². The quantitative estimate of drug-likeness (QED) is 0.616. The van der Waals surface area contributed by atoms with Crippen molar-refractivity contribution in [1.82, 2.24) is 0 Å².